The highest BCUT2D eigenvalue weighted by Gasteiger charge is 2.28. The van der Waals surface area contributed by atoms with Gasteiger partial charge in [-0.3, -0.25) is 9.30 Å². The summed E-state index contributed by atoms with van der Waals surface area (Å²) in [6, 6.07) is 4.87. The Morgan fingerprint density at radius 3 is 2.79 bits per heavy atom. The smallest absolute Gasteiger partial charge is 0.410 e. The van der Waals surface area contributed by atoms with Crippen LogP contribution in [0.5, 0.6) is 5.88 Å². The normalized spacial score (nSPS) is 18.9. The number of piperidine rings is 1. The van der Waals surface area contributed by atoms with Gasteiger partial charge in [0.15, 0.2) is 5.82 Å². The SMILES string of the molecule is CC(C)(C)OC(=O)N1CCC[C@@H](Cc2cc(OCCN3CCOCC3)nc(-c3cnc4ccc(F)cn34)n2)C1. The summed E-state index contributed by atoms with van der Waals surface area (Å²) < 4.78 is 32.8. The van der Waals surface area contributed by atoms with Gasteiger partial charge in [0.05, 0.1) is 19.4 Å². The van der Waals surface area contributed by atoms with Crippen LogP contribution in [0.1, 0.15) is 39.3 Å². The molecule has 2 aliphatic rings. The standard InChI is InChI=1S/C28H37FN6O4/c1-28(2,3)39-27(36)34-8-4-5-20(18-34)15-22-16-25(38-14-11-33-9-12-37-13-10-33)32-26(31-22)23-17-30-24-7-6-21(29)19-35(23)24/h6-7,16-17,19-20H,4-5,8-15,18H2,1-3H3/t20-/m0/s1. The van der Waals surface area contributed by atoms with E-state index in [1.807, 2.05) is 26.8 Å². The summed E-state index contributed by atoms with van der Waals surface area (Å²) in [5, 5.41) is 0. The van der Waals surface area contributed by atoms with Crippen molar-refractivity contribution in [2.75, 3.05) is 52.5 Å². The first kappa shape index (κ1) is 27.3. The van der Waals surface area contributed by atoms with Crippen LogP contribution < -0.4 is 4.74 Å². The molecule has 0 aromatic carbocycles. The average molecular weight is 541 g/mol. The van der Waals surface area contributed by atoms with Crippen LogP contribution in [-0.2, 0) is 15.9 Å². The molecule has 0 N–H and O–H groups in total. The van der Waals surface area contributed by atoms with Gasteiger partial charge in [0.25, 0.3) is 0 Å². The first-order valence-electron chi connectivity index (χ1n) is 13.7. The number of morpholine rings is 1. The van der Waals surface area contributed by atoms with Crippen LogP contribution in [0.15, 0.2) is 30.6 Å². The van der Waals surface area contributed by atoms with Crippen LogP contribution in [0, 0.1) is 11.7 Å². The summed E-state index contributed by atoms with van der Waals surface area (Å²) in [7, 11) is 0. The highest BCUT2D eigenvalue weighted by Crippen LogP contribution is 2.26. The molecule has 0 radical (unpaired) electrons. The molecule has 10 nitrogen and oxygen atoms in total. The lowest BCUT2D eigenvalue weighted by atomic mass is 9.93. The number of halogens is 1. The number of carbonyl (C=O) groups is 1. The van der Waals surface area contributed by atoms with E-state index in [1.165, 1.54) is 12.3 Å². The first-order valence-corrected chi connectivity index (χ1v) is 13.7. The molecule has 210 valence electrons. The molecule has 5 heterocycles. The number of ether oxygens (including phenoxy) is 3. The predicted molar refractivity (Wildman–Crippen MR) is 143 cm³/mol. The summed E-state index contributed by atoms with van der Waals surface area (Å²) in [6.07, 6.45) is 5.28. The average Bonchev–Trinajstić information content (AvgIpc) is 3.31. The fourth-order valence-electron chi connectivity index (χ4n) is 5.01. The van der Waals surface area contributed by atoms with Crippen molar-refractivity contribution in [1.29, 1.82) is 0 Å². The van der Waals surface area contributed by atoms with E-state index in [0.29, 0.717) is 49.2 Å². The number of pyridine rings is 1. The first-order chi connectivity index (χ1) is 18.7. The fraction of sp³-hybridized carbons (Fsp3) is 0.571. The third kappa shape index (κ3) is 7.21. The Hall–Kier alpha value is -3.31. The zero-order valence-corrected chi connectivity index (χ0v) is 22.9. The molecule has 2 aliphatic heterocycles. The number of fused-ring (bicyclic) bond motifs is 1. The Morgan fingerprint density at radius 1 is 1.18 bits per heavy atom. The number of hydrogen-bond donors (Lipinski definition) is 0. The molecular weight excluding hydrogens is 503 g/mol. The Bertz CT molecular complexity index is 1290. The molecule has 0 spiro atoms. The molecule has 0 saturated carbocycles. The van der Waals surface area contributed by atoms with Gasteiger partial charge in [-0.05, 0) is 58.1 Å². The second kappa shape index (κ2) is 11.8. The van der Waals surface area contributed by atoms with Crippen LogP contribution in [0.25, 0.3) is 17.2 Å². The molecule has 0 unspecified atom stereocenters. The summed E-state index contributed by atoms with van der Waals surface area (Å²) >= 11 is 0. The Labute approximate surface area is 228 Å². The minimum absolute atomic E-state index is 0.217. The fourth-order valence-corrected chi connectivity index (χ4v) is 5.01. The number of carbonyl (C=O) groups excluding carboxylic acids is 1. The van der Waals surface area contributed by atoms with Gasteiger partial charge in [0, 0.05) is 50.7 Å². The number of aromatic nitrogens is 4. The minimum Gasteiger partial charge on any atom is -0.476 e. The van der Waals surface area contributed by atoms with E-state index in [2.05, 4.69) is 14.9 Å². The van der Waals surface area contributed by atoms with Crippen LogP contribution in [0.4, 0.5) is 9.18 Å². The van der Waals surface area contributed by atoms with E-state index in [4.69, 9.17) is 19.2 Å². The molecule has 2 saturated heterocycles. The predicted octanol–water partition coefficient (Wildman–Crippen LogP) is 3.83. The monoisotopic (exact) mass is 540 g/mol. The van der Waals surface area contributed by atoms with Crippen LogP contribution in [-0.4, -0.2) is 93.4 Å². The van der Waals surface area contributed by atoms with Gasteiger partial charge < -0.3 is 19.1 Å². The summed E-state index contributed by atoms with van der Waals surface area (Å²) in [5.74, 6) is 0.736. The highest BCUT2D eigenvalue weighted by molar-refractivity contribution is 5.68. The lowest BCUT2D eigenvalue weighted by Gasteiger charge is -2.34. The molecule has 0 aliphatic carbocycles. The number of likely N-dealkylation sites (tertiary alicyclic amines) is 1. The Morgan fingerprint density at radius 2 is 2.00 bits per heavy atom. The summed E-state index contributed by atoms with van der Waals surface area (Å²) in [6.45, 7) is 11.4. The maximum absolute atomic E-state index is 14.1. The van der Waals surface area contributed by atoms with E-state index in [0.717, 1.165) is 51.4 Å². The number of hydrogen-bond acceptors (Lipinski definition) is 8. The van der Waals surface area contributed by atoms with E-state index in [-0.39, 0.29) is 17.8 Å². The largest absolute Gasteiger partial charge is 0.476 e. The zero-order chi connectivity index (χ0) is 27.4. The third-order valence-electron chi connectivity index (χ3n) is 6.88. The maximum atomic E-state index is 14.1. The van der Waals surface area contributed by atoms with E-state index < -0.39 is 5.60 Å². The van der Waals surface area contributed by atoms with Crippen LogP contribution in [0.3, 0.4) is 0 Å². The quantitative estimate of drug-likeness (QED) is 0.446. The lowest BCUT2D eigenvalue weighted by molar-refractivity contribution is 0.0165. The third-order valence-corrected chi connectivity index (χ3v) is 6.88. The van der Waals surface area contributed by atoms with Crippen molar-refractivity contribution in [2.24, 2.45) is 5.92 Å². The van der Waals surface area contributed by atoms with Crippen molar-refractivity contribution in [2.45, 2.75) is 45.6 Å². The Balaban J connectivity index is 1.36. The van der Waals surface area contributed by atoms with E-state index in [9.17, 15) is 9.18 Å². The highest BCUT2D eigenvalue weighted by atomic mass is 19.1. The number of amides is 1. The molecule has 3 aromatic heterocycles. The van der Waals surface area contributed by atoms with Crippen molar-refractivity contribution >= 4 is 11.7 Å². The Kier molecular flexibility index (Phi) is 8.27. The van der Waals surface area contributed by atoms with Crippen LogP contribution >= 0.6 is 0 Å². The maximum Gasteiger partial charge on any atom is 0.410 e. The topological polar surface area (TPSA) is 94.3 Å². The minimum atomic E-state index is -0.535. The number of nitrogens with zero attached hydrogens (tertiary/aromatic N) is 6. The lowest BCUT2D eigenvalue weighted by Crippen LogP contribution is -2.43. The van der Waals surface area contributed by atoms with Crippen molar-refractivity contribution in [3.05, 3.63) is 42.1 Å². The molecule has 1 atom stereocenters. The molecular formula is C28H37FN6O4. The molecule has 5 rings (SSSR count). The summed E-state index contributed by atoms with van der Waals surface area (Å²) in [4.78, 5) is 30.7. The van der Waals surface area contributed by atoms with Gasteiger partial charge in [-0.25, -0.2) is 19.2 Å². The molecule has 0 bridgehead atoms. The van der Waals surface area contributed by atoms with Gasteiger partial charge in [0.1, 0.15) is 29.4 Å². The molecule has 39 heavy (non-hydrogen) atoms. The summed E-state index contributed by atoms with van der Waals surface area (Å²) in [5.41, 5.74) is 1.47. The van der Waals surface area contributed by atoms with Crippen LogP contribution in [0.2, 0.25) is 0 Å². The van der Waals surface area contributed by atoms with Crippen molar-refractivity contribution in [3.8, 4) is 17.4 Å². The molecule has 11 heteroatoms. The van der Waals surface area contributed by atoms with Crippen molar-refractivity contribution in [1.82, 2.24) is 29.2 Å². The number of imidazole rings is 1. The number of rotatable bonds is 7. The molecule has 2 fully saturated rings. The van der Waals surface area contributed by atoms with Gasteiger partial charge in [-0.1, -0.05) is 0 Å². The van der Waals surface area contributed by atoms with E-state index in [1.54, 1.807) is 21.6 Å². The van der Waals surface area contributed by atoms with Gasteiger partial charge in [-0.15, -0.1) is 0 Å². The zero-order valence-electron chi connectivity index (χ0n) is 22.9. The van der Waals surface area contributed by atoms with Gasteiger partial charge in [-0.2, -0.15) is 4.98 Å². The van der Waals surface area contributed by atoms with Gasteiger partial charge in [0.2, 0.25) is 5.88 Å². The second-order valence-corrected chi connectivity index (χ2v) is 11.2. The molecule has 3 aromatic rings. The van der Waals surface area contributed by atoms with E-state index >= 15 is 0 Å². The van der Waals surface area contributed by atoms with Crippen molar-refractivity contribution < 1.29 is 23.4 Å². The van der Waals surface area contributed by atoms with Crippen molar-refractivity contribution in [3.63, 3.8) is 0 Å². The molecule has 1 amide bonds. The second-order valence-electron chi connectivity index (χ2n) is 11.2. The van der Waals surface area contributed by atoms with Gasteiger partial charge >= 0.3 is 6.09 Å².